The van der Waals surface area contributed by atoms with Crippen LogP contribution in [0, 0.1) is 0 Å². The minimum absolute atomic E-state index is 0.00428. The fourth-order valence-electron chi connectivity index (χ4n) is 1.61. The Morgan fingerprint density at radius 1 is 1.48 bits per heavy atom. The summed E-state index contributed by atoms with van der Waals surface area (Å²) in [5, 5.41) is 9.83. The number of carbonyl (C=O) groups is 1. The molecular weight excluding hydrogens is 299 g/mol. The molecule has 116 valence electrons. The van der Waals surface area contributed by atoms with Gasteiger partial charge in [0.05, 0.1) is 25.9 Å². The Hall–Kier alpha value is -1.56. The summed E-state index contributed by atoms with van der Waals surface area (Å²) in [5.41, 5.74) is 8.22. The molecule has 1 heterocycles. The minimum Gasteiger partial charge on any atom is -0.467 e. The molecule has 0 aliphatic rings. The SMILES string of the molecule is CCOP(=O)(OCC)C(=[N+]=[N-])C(=O)CC(O)c1ccco1. The van der Waals surface area contributed by atoms with Crippen molar-refractivity contribution in [2.45, 2.75) is 26.4 Å². The Morgan fingerprint density at radius 2 is 2.10 bits per heavy atom. The summed E-state index contributed by atoms with van der Waals surface area (Å²) in [6, 6.07) is 3.04. The summed E-state index contributed by atoms with van der Waals surface area (Å²) in [5.74, 6) is -0.685. The van der Waals surface area contributed by atoms with Crippen LogP contribution in [0.1, 0.15) is 32.1 Å². The summed E-state index contributed by atoms with van der Waals surface area (Å²) in [6.45, 7) is 3.13. The Balaban J connectivity index is 2.91. The minimum atomic E-state index is -4.01. The lowest BCUT2D eigenvalue weighted by Gasteiger charge is -2.12. The van der Waals surface area contributed by atoms with Gasteiger partial charge in [-0.2, -0.15) is 4.79 Å². The van der Waals surface area contributed by atoms with Gasteiger partial charge in [0.25, 0.3) is 5.78 Å². The zero-order chi connectivity index (χ0) is 15.9. The second-order valence-corrected chi connectivity index (χ2v) is 5.85. The highest BCUT2D eigenvalue weighted by Crippen LogP contribution is 2.49. The molecule has 1 aromatic rings. The fraction of sp³-hybridized carbons (Fsp3) is 0.500. The van der Waals surface area contributed by atoms with E-state index in [9.17, 15) is 14.5 Å². The average Bonchev–Trinajstić information content (AvgIpc) is 2.93. The third kappa shape index (κ3) is 4.46. The molecule has 0 radical (unpaired) electrons. The summed E-state index contributed by atoms with van der Waals surface area (Å²) in [4.78, 5) is 14.8. The number of Topliss-reactive ketones (excluding diaryl/α,β-unsaturated/α-hetero) is 1. The first kappa shape index (κ1) is 17.5. The van der Waals surface area contributed by atoms with E-state index in [1.165, 1.54) is 12.3 Å². The van der Waals surface area contributed by atoms with Crippen molar-refractivity contribution < 1.29 is 32.7 Å². The van der Waals surface area contributed by atoms with Gasteiger partial charge in [-0.1, -0.05) is 0 Å². The third-order valence-electron chi connectivity index (χ3n) is 2.45. The van der Waals surface area contributed by atoms with Crippen LogP contribution in [0.3, 0.4) is 0 Å². The maximum absolute atomic E-state index is 12.4. The number of carbonyl (C=O) groups excluding carboxylic acids is 1. The average molecular weight is 316 g/mol. The summed E-state index contributed by atoms with van der Waals surface area (Å²) < 4.78 is 27.2. The van der Waals surface area contributed by atoms with Crippen molar-refractivity contribution in [2.75, 3.05) is 13.2 Å². The van der Waals surface area contributed by atoms with Gasteiger partial charge in [0.15, 0.2) is 0 Å². The van der Waals surface area contributed by atoms with Crippen LogP contribution in [-0.2, 0) is 18.4 Å². The molecule has 0 amide bonds. The standard InChI is InChI=1S/C12H17N2O6P/c1-3-19-21(17,20-4-2)12(14-13)10(16)8-9(15)11-6-5-7-18-11/h5-7,9,15H,3-4,8H2,1-2H3. The van der Waals surface area contributed by atoms with Gasteiger partial charge in [-0.05, 0) is 26.0 Å². The predicted molar refractivity (Wildman–Crippen MR) is 72.8 cm³/mol. The van der Waals surface area contributed by atoms with E-state index in [1.54, 1.807) is 19.9 Å². The quantitative estimate of drug-likeness (QED) is 0.322. The normalized spacial score (nSPS) is 12.7. The summed E-state index contributed by atoms with van der Waals surface area (Å²) in [7, 11) is -4.01. The molecule has 0 aliphatic heterocycles. The molecule has 9 heteroatoms. The van der Waals surface area contributed by atoms with Crippen LogP contribution in [0.4, 0.5) is 0 Å². The van der Waals surface area contributed by atoms with E-state index in [0.29, 0.717) is 0 Å². The van der Waals surface area contributed by atoms with Gasteiger partial charge in [-0.15, -0.1) is 0 Å². The zero-order valence-corrected chi connectivity index (χ0v) is 12.7. The Labute approximate surface area is 121 Å². The van der Waals surface area contributed by atoms with E-state index in [4.69, 9.17) is 19.0 Å². The van der Waals surface area contributed by atoms with Gasteiger partial charge in [0, 0.05) is 0 Å². The molecule has 0 aliphatic carbocycles. The van der Waals surface area contributed by atoms with Crippen molar-refractivity contribution in [3.05, 3.63) is 29.7 Å². The highest BCUT2D eigenvalue weighted by atomic mass is 31.2. The molecular formula is C12H17N2O6P. The van der Waals surface area contributed by atoms with Crippen molar-refractivity contribution in [1.82, 2.24) is 0 Å². The predicted octanol–water partition coefficient (Wildman–Crippen LogP) is 2.17. The maximum atomic E-state index is 12.4. The number of aliphatic hydroxyl groups is 1. The summed E-state index contributed by atoms with van der Waals surface area (Å²) >= 11 is 0. The maximum Gasteiger partial charge on any atom is 0.446 e. The van der Waals surface area contributed by atoms with Gasteiger partial charge >= 0.3 is 13.0 Å². The molecule has 0 saturated heterocycles. The lowest BCUT2D eigenvalue weighted by molar-refractivity contribution is -0.118. The molecule has 1 atom stereocenters. The molecule has 0 aromatic carbocycles. The van der Waals surface area contributed by atoms with Gasteiger partial charge in [0.2, 0.25) is 0 Å². The Morgan fingerprint density at radius 3 is 2.52 bits per heavy atom. The van der Waals surface area contributed by atoms with E-state index < -0.39 is 31.4 Å². The molecule has 0 fully saturated rings. The number of rotatable bonds is 9. The Kier molecular flexibility index (Phi) is 6.68. The third-order valence-corrected chi connectivity index (χ3v) is 4.51. The topological polar surface area (TPSA) is 122 Å². The highest BCUT2D eigenvalue weighted by Gasteiger charge is 2.45. The molecule has 1 rings (SSSR count). The van der Waals surface area contributed by atoms with Crippen LogP contribution < -0.4 is 0 Å². The number of ketones is 1. The van der Waals surface area contributed by atoms with Crippen LogP contribution in [-0.4, -0.2) is 34.3 Å². The zero-order valence-electron chi connectivity index (χ0n) is 11.8. The number of nitrogens with zero attached hydrogens (tertiary/aromatic N) is 2. The van der Waals surface area contributed by atoms with Crippen LogP contribution in [0.2, 0.25) is 0 Å². The molecule has 8 nitrogen and oxygen atoms in total. The van der Waals surface area contributed by atoms with Gasteiger partial charge in [-0.3, -0.25) is 4.79 Å². The molecule has 0 spiro atoms. The molecule has 0 bridgehead atoms. The van der Waals surface area contributed by atoms with E-state index in [1.807, 2.05) is 0 Å². The van der Waals surface area contributed by atoms with E-state index >= 15 is 0 Å². The lowest BCUT2D eigenvalue weighted by atomic mass is 10.1. The van der Waals surface area contributed by atoms with Crippen molar-refractivity contribution in [2.24, 2.45) is 0 Å². The largest absolute Gasteiger partial charge is 0.467 e. The molecule has 1 aromatic heterocycles. The van der Waals surface area contributed by atoms with E-state index in [0.717, 1.165) is 0 Å². The van der Waals surface area contributed by atoms with Crippen molar-refractivity contribution in [1.29, 1.82) is 0 Å². The number of hydrogen-bond donors (Lipinski definition) is 1. The molecule has 21 heavy (non-hydrogen) atoms. The first-order chi connectivity index (χ1) is 9.98. The second-order valence-electron chi connectivity index (χ2n) is 3.92. The van der Waals surface area contributed by atoms with Gasteiger partial charge < -0.3 is 24.1 Å². The smallest absolute Gasteiger partial charge is 0.446 e. The second kappa shape index (κ2) is 8.02. The van der Waals surface area contributed by atoms with Gasteiger partial charge in [-0.25, -0.2) is 4.57 Å². The fourth-order valence-corrected chi connectivity index (χ4v) is 3.12. The van der Waals surface area contributed by atoms with Crippen molar-refractivity contribution >= 4 is 18.8 Å². The van der Waals surface area contributed by atoms with Gasteiger partial charge in [0.1, 0.15) is 11.9 Å². The number of aliphatic hydroxyl groups excluding tert-OH is 1. The van der Waals surface area contributed by atoms with Crippen molar-refractivity contribution in [3.8, 4) is 0 Å². The first-order valence-electron chi connectivity index (χ1n) is 6.34. The number of hydrogen-bond acceptors (Lipinski definition) is 6. The van der Waals surface area contributed by atoms with Crippen LogP contribution in [0.5, 0.6) is 0 Å². The van der Waals surface area contributed by atoms with Crippen LogP contribution in [0.15, 0.2) is 22.8 Å². The molecule has 1 unspecified atom stereocenters. The highest BCUT2D eigenvalue weighted by molar-refractivity contribution is 7.74. The molecule has 1 N–H and O–H groups in total. The van der Waals surface area contributed by atoms with Crippen molar-refractivity contribution in [3.63, 3.8) is 0 Å². The lowest BCUT2D eigenvalue weighted by Crippen LogP contribution is -2.21. The monoisotopic (exact) mass is 316 g/mol. The van der Waals surface area contributed by atoms with E-state index in [2.05, 4.69) is 4.79 Å². The van der Waals surface area contributed by atoms with Crippen LogP contribution >= 0.6 is 7.60 Å². The van der Waals surface area contributed by atoms with E-state index in [-0.39, 0.29) is 19.0 Å². The molecule has 0 saturated carbocycles. The first-order valence-corrected chi connectivity index (χ1v) is 7.89. The van der Waals surface area contributed by atoms with Crippen LogP contribution in [0.25, 0.3) is 5.53 Å². The Bertz CT molecular complexity index is 554. The summed E-state index contributed by atoms with van der Waals surface area (Å²) in [6.07, 6.45) is -0.382. The number of furan rings is 1.